The van der Waals surface area contributed by atoms with Crippen LogP contribution in [0.15, 0.2) is 0 Å². The number of anilines is 2. The minimum Gasteiger partial charge on any atom is -0.367 e. The maximum absolute atomic E-state index is 5.38. The highest BCUT2D eigenvalue weighted by Gasteiger charge is 1.97. The molecular weight excluding hydrogens is 204 g/mol. The van der Waals surface area contributed by atoms with Gasteiger partial charge in [-0.05, 0) is 24.9 Å². The van der Waals surface area contributed by atoms with Crippen molar-refractivity contribution >= 4 is 34.4 Å². The molecule has 0 aliphatic carbocycles. The van der Waals surface area contributed by atoms with Crippen LogP contribution in [0.1, 0.15) is 12.8 Å². The summed E-state index contributed by atoms with van der Waals surface area (Å²) in [5.74, 6) is 1.58. The Hall–Kier alpha value is -0.490. The molecule has 1 heterocycles. The van der Waals surface area contributed by atoms with E-state index in [1.807, 2.05) is 11.8 Å². The number of rotatable bonds is 6. The fourth-order valence-corrected chi connectivity index (χ4v) is 1.89. The first-order valence-corrected chi connectivity index (χ1v) is 6.31. The zero-order valence-electron chi connectivity index (χ0n) is 7.62. The van der Waals surface area contributed by atoms with Crippen molar-refractivity contribution in [3.63, 3.8) is 0 Å². The lowest BCUT2D eigenvalue weighted by Gasteiger charge is -2.00. The van der Waals surface area contributed by atoms with Gasteiger partial charge in [0.05, 0.1) is 0 Å². The molecule has 0 radical (unpaired) electrons. The summed E-state index contributed by atoms with van der Waals surface area (Å²) in [6, 6.07) is 0. The van der Waals surface area contributed by atoms with E-state index >= 15 is 0 Å². The maximum Gasteiger partial charge on any atom is 0.233 e. The lowest BCUT2D eigenvalue weighted by atomic mass is 10.3. The minimum absolute atomic E-state index is 0.358. The average Bonchev–Trinajstić information content (AvgIpc) is 2.51. The molecular formula is C7H14N4S2. The Kier molecular flexibility index (Phi) is 4.92. The largest absolute Gasteiger partial charge is 0.367 e. The highest BCUT2D eigenvalue weighted by Crippen LogP contribution is 2.11. The van der Waals surface area contributed by atoms with E-state index in [9.17, 15) is 0 Å². The third-order valence-electron chi connectivity index (χ3n) is 1.49. The van der Waals surface area contributed by atoms with E-state index in [0.29, 0.717) is 5.95 Å². The second kappa shape index (κ2) is 6.04. The average molecular weight is 218 g/mol. The van der Waals surface area contributed by atoms with Gasteiger partial charge in [-0.1, -0.05) is 0 Å². The number of thioether (sulfide) groups is 1. The fraction of sp³-hybridized carbons (Fsp3) is 0.714. The summed E-state index contributed by atoms with van der Waals surface area (Å²) >= 11 is 3.19. The fourth-order valence-electron chi connectivity index (χ4n) is 0.873. The second-order valence-electron chi connectivity index (χ2n) is 2.58. The van der Waals surface area contributed by atoms with Gasteiger partial charge in [0.25, 0.3) is 0 Å². The molecule has 0 saturated heterocycles. The summed E-state index contributed by atoms with van der Waals surface area (Å²) in [6.45, 7) is 0.954. The summed E-state index contributed by atoms with van der Waals surface area (Å²) in [6.07, 6.45) is 4.53. The summed E-state index contributed by atoms with van der Waals surface area (Å²) in [4.78, 5) is 4.00. The van der Waals surface area contributed by atoms with Crippen molar-refractivity contribution in [1.82, 2.24) is 9.36 Å². The first-order chi connectivity index (χ1) is 6.33. The standard InChI is InChI=1S/C7H14N4S2/c1-12-5-3-2-4-9-7-10-6(8)11-13-7/h2-5H2,1H3,(H3,8,9,10,11). The van der Waals surface area contributed by atoms with Gasteiger partial charge < -0.3 is 11.1 Å². The smallest absolute Gasteiger partial charge is 0.233 e. The predicted molar refractivity (Wildman–Crippen MR) is 60.4 cm³/mol. The van der Waals surface area contributed by atoms with Gasteiger partial charge in [-0.2, -0.15) is 21.1 Å². The number of nitrogens with zero attached hydrogens (tertiary/aromatic N) is 2. The van der Waals surface area contributed by atoms with Crippen molar-refractivity contribution in [2.75, 3.05) is 29.6 Å². The number of nitrogen functional groups attached to an aromatic ring is 1. The van der Waals surface area contributed by atoms with Gasteiger partial charge in [-0.15, -0.1) is 0 Å². The molecule has 0 saturated carbocycles. The van der Waals surface area contributed by atoms with Gasteiger partial charge in [0.2, 0.25) is 11.1 Å². The molecule has 0 amide bonds. The summed E-state index contributed by atoms with van der Waals surface area (Å²) in [5, 5.41) is 4.00. The van der Waals surface area contributed by atoms with E-state index in [0.717, 1.165) is 11.7 Å². The highest BCUT2D eigenvalue weighted by atomic mass is 32.2. The molecule has 0 aromatic carbocycles. The van der Waals surface area contributed by atoms with Crippen LogP contribution >= 0.6 is 23.3 Å². The molecule has 0 fully saturated rings. The lowest BCUT2D eigenvalue weighted by molar-refractivity contribution is 0.842. The molecule has 13 heavy (non-hydrogen) atoms. The van der Waals surface area contributed by atoms with Crippen molar-refractivity contribution in [2.24, 2.45) is 0 Å². The van der Waals surface area contributed by atoms with Crippen LogP contribution in [0.25, 0.3) is 0 Å². The van der Waals surface area contributed by atoms with Gasteiger partial charge in [-0.25, -0.2) is 0 Å². The summed E-state index contributed by atoms with van der Waals surface area (Å²) in [7, 11) is 0. The van der Waals surface area contributed by atoms with Crippen LogP contribution in [-0.2, 0) is 0 Å². The van der Waals surface area contributed by atoms with E-state index in [1.165, 1.54) is 30.1 Å². The molecule has 0 spiro atoms. The normalized spacial score (nSPS) is 10.2. The molecule has 4 nitrogen and oxygen atoms in total. The number of nitrogens with two attached hydrogens (primary N) is 1. The van der Waals surface area contributed by atoms with E-state index < -0.39 is 0 Å². The van der Waals surface area contributed by atoms with Crippen LogP contribution in [-0.4, -0.2) is 27.9 Å². The van der Waals surface area contributed by atoms with Crippen LogP contribution in [0.2, 0.25) is 0 Å². The van der Waals surface area contributed by atoms with Crippen molar-refractivity contribution in [3.05, 3.63) is 0 Å². The van der Waals surface area contributed by atoms with Crippen molar-refractivity contribution in [3.8, 4) is 0 Å². The molecule has 0 atom stereocenters. The molecule has 6 heteroatoms. The maximum atomic E-state index is 5.38. The minimum atomic E-state index is 0.358. The zero-order valence-corrected chi connectivity index (χ0v) is 9.25. The van der Waals surface area contributed by atoms with Crippen LogP contribution in [0.4, 0.5) is 11.1 Å². The van der Waals surface area contributed by atoms with Crippen molar-refractivity contribution in [1.29, 1.82) is 0 Å². The van der Waals surface area contributed by atoms with Crippen LogP contribution < -0.4 is 11.1 Å². The van der Waals surface area contributed by atoms with Gasteiger partial charge in [-0.3, -0.25) is 0 Å². The van der Waals surface area contributed by atoms with Crippen LogP contribution in [0.3, 0.4) is 0 Å². The van der Waals surface area contributed by atoms with Crippen LogP contribution in [0.5, 0.6) is 0 Å². The molecule has 74 valence electrons. The predicted octanol–water partition coefficient (Wildman–Crippen LogP) is 1.68. The SMILES string of the molecule is CSCCCCNc1nc(N)ns1. The quantitative estimate of drug-likeness (QED) is 0.711. The second-order valence-corrected chi connectivity index (χ2v) is 4.32. The van der Waals surface area contributed by atoms with E-state index in [-0.39, 0.29) is 0 Å². The summed E-state index contributed by atoms with van der Waals surface area (Å²) < 4.78 is 3.87. The van der Waals surface area contributed by atoms with E-state index in [2.05, 4.69) is 20.9 Å². The van der Waals surface area contributed by atoms with Crippen molar-refractivity contribution < 1.29 is 0 Å². The number of aromatic nitrogens is 2. The Morgan fingerprint density at radius 2 is 2.38 bits per heavy atom. The number of hydrogen-bond donors (Lipinski definition) is 2. The molecule has 1 aromatic rings. The molecule has 1 rings (SSSR count). The number of nitrogens with one attached hydrogen (secondary N) is 1. The molecule has 0 bridgehead atoms. The van der Waals surface area contributed by atoms with Crippen molar-refractivity contribution in [2.45, 2.75) is 12.8 Å². The number of hydrogen-bond acceptors (Lipinski definition) is 6. The Balaban J connectivity index is 2.06. The first-order valence-electron chi connectivity index (χ1n) is 4.15. The zero-order chi connectivity index (χ0) is 9.52. The molecule has 3 N–H and O–H groups in total. The van der Waals surface area contributed by atoms with Gasteiger partial charge in [0.15, 0.2) is 0 Å². The third kappa shape index (κ3) is 4.33. The molecule has 1 aromatic heterocycles. The van der Waals surface area contributed by atoms with E-state index in [4.69, 9.17) is 5.73 Å². The Morgan fingerprint density at radius 1 is 1.54 bits per heavy atom. The van der Waals surface area contributed by atoms with E-state index in [1.54, 1.807) is 0 Å². The lowest BCUT2D eigenvalue weighted by Crippen LogP contribution is -2.01. The summed E-state index contributed by atoms with van der Waals surface area (Å²) in [5.41, 5.74) is 5.38. The van der Waals surface area contributed by atoms with Gasteiger partial charge >= 0.3 is 0 Å². The molecule has 0 aliphatic rings. The third-order valence-corrected chi connectivity index (χ3v) is 2.88. The Morgan fingerprint density at radius 3 is 3.00 bits per heavy atom. The Bertz CT molecular complexity index is 238. The monoisotopic (exact) mass is 218 g/mol. The molecule has 0 unspecified atom stereocenters. The highest BCUT2D eigenvalue weighted by molar-refractivity contribution is 7.98. The van der Waals surface area contributed by atoms with Gasteiger partial charge in [0.1, 0.15) is 0 Å². The molecule has 0 aliphatic heterocycles. The van der Waals surface area contributed by atoms with Crippen LogP contribution in [0, 0.1) is 0 Å². The number of unbranched alkanes of at least 4 members (excludes halogenated alkanes) is 1. The Labute approximate surface area is 86.5 Å². The topological polar surface area (TPSA) is 63.8 Å². The van der Waals surface area contributed by atoms with Gasteiger partial charge in [0, 0.05) is 18.1 Å². The first kappa shape index (κ1) is 10.6.